The second kappa shape index (κ2) is 8.53. The topological polar surface area (TPSA) is 63.2 Å². The lowest BCUT2D eigenvalue weighted by molar-refractivity contribution is 0.0905. The number of nitrogens with one attached hydrogen (secondary N) is 2. The van der Waals surface area contributed by atoms with Crippen molar-refractivity contribution in [2.45, 2.75) is 39.7 Å². The molecule has 1 amide bonds. The summed E-state index contributed by atoms with van der Waals surface area (Å²) in [5, 5.41) is 6.08. The van der Waals surface area contributed by atoms with Gasteiger partial charge in [0.25, 0.3) is 5.91 Å². The third kappa shape index (κ3) is 5.17. The molecule has 0 fully saturated rings. The highest BCUT2D eigenvalue weighted by molar-refractivity contribution is 5.95. The summed E-state index contributed by atoms with van der Waals surface area (Å²) < 4.78 is 5.03. The Kier molecular flexibility index (Phi) is 7.01. The number of methoxy groups -OCH3 is 1. The number of anilines is 1. The van der Waals surface area contributed by atoms with E-state index >= 15 is 0 Å². The van der Waals surface area contributed by atoms with Crippen molar-refractivity contribution >= 4 is 11.7 Å². The molecule has 0 radical (unpaired) electrons. The summed E-state index contributed by atoms with van der Waals surface area (Å²) in [6, 6.07) is 3.63. The van der Waals surface area contributed by atoms with Crippen molar-refractivity contribution < 1.29 is 9.53 Å². The minimum absolute atomic E-state index is 0.0159. The van der Waals surface area contributed by atoms with Crippen LogP contribution < -0.4 is 10.6 Å². The standard InChI is InChI=1S/C15H25N3O2/c1-5-7-13-8-12(9-14(18-13)16-6-2)15(19)17-11(3)10-20-4/h8-9,11H,5-7,10H2,1-4H3,(H,16,18)(H,17,19). The quantitative estimate of drug-likeness (QED) is 0.766. The number of ether oxygens (including phenoxy) is 1. The SMILES string of the molecule is CCCc1cc(C(=O)NC(C)COC)cc(NCC)n1. The monoisotopic (exact) mass is 279 g/mol. The molecule has 0 aliphatic heterocycles. The Balaban J connectivity index is 2.88. The summed E-state index contributed by atoms with van der Waals surface area (Å²) in [4.78, 5) is 16.7. The predicted molar refractivity (Wildman–Crippen MR) is 81.2 cm³/mol. The van der Waals surface area contributed by atoms with E-state index in [2.05, 4.69) is 22.5 Å². The summed E-state index contributed by atoms with van der Waals surface area (Å²) >= 11 is 0. The van der Waals surface area contributed by atoms with Gasteiger partial charge >= 0.3 is 0 Å². The predicted octanol–water partition coefficient (Wildman–Crippen LogP) is 2.23. The number of aryl methyl sites for hydroxylation is 1. The first-order chi connectivity index (χ1) is 9.60. The molecule has 0 saturated heterocycles. The molecule has 1 rings (SSSR count). The van der Waals surface area contributed by atoms with Gasteiger partial charge in [0.05, 0.1) is 6.61 Å². The van der Waals surface area contributed by atoms with E-state index in [4.69, 9.17) is 4.74 Å². The molecule has 5 nitrogen and oxygen atoms in total. The van der Waals surface area contributed by atoms with Crippen LogP contribution in [0, 0.1) is 0 Å². The van der Waals surface area contributed by atoms with Gasteiger partial charge in [-0.15, -0.1) is 0 Å². The maximum Gasteiger partial charge on any atom is 0.251 e. The van der Waals surface area contributed by atoms with E-state index in [0.29, 0.717) is 12.2 Å². The van der Waals surface area contributed by atoms with Crippen LogP contribution in [-0.4, -0.2) is 37.2 Å². The first kappa shape index (κ1) is 16.4. The van der Waals surface area contributed by atoms with Gasteiger partial charge in [-0.2, -0.15) is 0 Å². The molecule has 0 aromatic carbocycles. The number of pyridine rings is 1. The highest BCUT2D eigenvalue weighted by atomic mass is 16.5. The zero-order chi connectivity index (χ0) is 15.0. The van der Waals surface area contributed by atoms with Crippen LogP contribution in [0.1, 0.15) is 43.2 Å². The number of carbonyl (C=O) groups excluding carboxylic acids is 1. The van der Waals surface area contributed by atoms with Gasteiger partial charge in [-0.25, -0.2) is 4.98 Å². The van der Waals surface area contributed by atoms with Crippen LogP contribution in [0.15, 0.2) is 12.1 Å². The first-order valence-electron chi connectivity index (χ1n) is 7.15. The van der Waals surface area contributed by atoms with Crippen LogP contribution in [0.3, 0.4) is 0 Å². The minimum Gasteiger partial charge on any atom is -0.383 e. The molecule has 1 atom stereocenters. The Hall–Kier alpha value is -1.62. The highest BCUT2D eigenvalue weighted by Crippen LogP contribution is 2.12. The van der Waals surface area contributed by atoms with E-state index in [1.54, 1.807) is 13.2 Å². The van der Waals surface area contributed by atoms with Crippen molar-refractivity contribution in [2.75, 3.05) is 25.6 Å². The van der Waals surface area contributed by atoms with Gasteiger partial charge in [0.2, 0.25) is 0 Å². The largest absolute Gasteiger partial charge is 0.383 e. The molecular formula is C15H25N3O2. The average molecular weight is 279 g/mol. The van der Waals surface area contributed by atoms with Gasteiger partial charge in [0.15, 0.2) is 0 Å². The van der Waals surface area contributed by atoms with Crippen LogP contribution in [0.2, 0.25) is 0 Å². The molecule has 5 heteroatoms. The smallest absolute Gasteiger partial charge is 0.251 e. The zero-order valence-corrected chi connectivity index (χ0v) is 12.8. The minimum atomic E-state index is -0.0894. The van der Waals surface area contributed by atoms with Crippen LogP contribution in [0.5, 0.6) is 0 Å². The Bertz CT molecular complexity index is 411. The van der Waals surface area contributed by atoms with E-state index in [-0.39, 0.29) is 11.9 Å². The molecule has 0 saturated carbocycles. The Morgan fingerprint density at radius 1 is 1.40 bits per heavy atom. The number of hydrogen-bond acceptors (Lipinski definition) is 4. The van der Waals surface area contributed by atoms with Gasteiger partial charge < -0.3 is 15.4 Å². The number of amides is 1. The normalized spacial score (nSPS) is 12.0. The van der Waals surface area contributed by atoms with Gasteiger partial charge in [-0.1, -0.05) is 13.3 Å². The molecule has 2 N–H and O–H groups in total. The van der Waals surface area contributed by atoms with Gasteiger partial charge in [0, 0.05) is 31.0 Å². The molecular weight excluding hydrogens is 254 g/mol. The fraction of sp³-hybridized carbons (Fsp3) is 0.600. The lowest BCUT2D eigenvalue weighted by Gasteiger charge is -2.14. The fourth-order valence-electron chi connectivity index (χ4n) is 1.97. The summed E-state index contributed by atoms with van der Waals surface area (Å²) in [6.45, 7) is 7.31. The molecule has 1 aromatic rings. The van der Waals surface area contributed by atoms with E-state index in [0.717, 1.165) is 30.9 Å². The molecule has 0 aliphatic carbocycles. The van der Waals surface area contributed by atoms with Crippen molar-refractivity contribution in [3.63, 3.8) is 0 Å². The van der Waals surface area contributed by atoms with E-state index in [1.165, 1.54) is 0 Å². The van der Waals surface area contributed by atoms with Gasteiger partial charge in [-0.05, 0) is 32.4 Å². The van der Waals surface area contributed by atoms with Crippen molar-refractivity contribution in [1.29, 1.82) is 0 Å². The van der Waals surface area contributed by atoms with Crippen molar-refractivity contribution in [3.05, 3.63) is 23.4 Å². The third-order valence-electron chi connectivity index (χ3n) is 2.80. The Morgan fingerprint density at radius 2 is 2.15 bits per heavy atom. The maximum absolute atomic E-state index is 12.2. The fourth-order valence-corrected chi connectivity index (χ4v) is 1.97. The summed E-state index contributed by atoms with van der Waals surface area (Å²) in [5.74, 6) is 0.663. The van der Waals surface area contributed by atoms with E-state index in [9.17, 15) is 4.79 Å². The number of nitrogens with zero attached hydrogens (tertiary/aromatic N) is 1. The molecule has 1 unspecified atom stereocenters. The maximum atomic E-state index is 12.2. The van der Waals surface area contributed by atoms with E-state index < -0.39 is 0 Å². The molecule has 20 heavy (non-hydrogen) atoms. The van der Waals surface area contributed by atoms with Crippen LogP contribution in [0.25, 0.3) is 0 Å². The van der Waals surface area contributed by atoms with Gasteiger partial charge in [-0.3, -0.25) is 4.79 Å². The van der Waals surface area contributed by atoms with Crippen LogP contribution >= 0.6 is 0 Å². The molecule has 0 aliphatic rings. The first-order valence-corrected chi connectivity index (χ1v) is 7.15. The van der Waals surface area contributed by atoms with E-state index in [1.807, 2.05) is 19.9 Å². The van der Waals surface area contributed by atoms with Crippen LogP contribution in [0.4, 0.5) is 5.82 Å². The zero-order valence-electron chi connectivity index (χ0n) is 12.8. The Morgan fingerprint density at radius 3 is 2.75 bits per heavy atom. The molecule has 112 valence electrons. The Labute approximate surface area is 121 Å². The lowest BCUT2D eigenvalue weighted by Crippen LogP contribution is -2.35. The second-order valence-corrected chi connectivity index (χ2v) is 4.84. The summed E-state index contributed by atoms with van der Waals surface area (Å²) in [5.41, 5.74) is 1.58. The lowest BCUT2D eigenvalue weighted by atomic mass is 10.1. The number of hydrogen-bond donors (Lipinski definition) is 2. The third-order valence-corrected chi connectivity index (χ3v) is 2.80. The van der Waals surface area contributed by atoms with Crippen molar-refractivity contribution in [1.82, 2.24) is 10.3 Å². The summed E-state index contributed by atoms with van der Waals surface area (Å²) in [6.07, 6.45) is 1.87. The second-order valence-electron chi connectivity index (χ2n) is 4.84. The molecule has 0 spiro atoms. The molecule has 0 bridgehead atoms. The summed E-state index contributed by atoms with van der Waals surface area (Å²) in [7, 11) is 1.62. The number of carbonyl (C=O) groups is 1. The average Bonchev–Trinajstić information content (AvgIpc) is 2.39. The highest BCUT2D eigenvalue weighted by Gasteiger charge is 2.12. The number of aromatic nitrogens is 1. The van der Waals surface area contributed by atoms with Gasteiger partial charge in [0.1, 0.15) is 5.82 Å². The molecule has 1 aromatic heterocycles. The molecule has 1 heterocycles. The van der Waals surface area contributed by atoms with Crippen molar-refractivity contribution in [2.24, 2.45) is 0 Å². The number of rotatable bonds is 8. The van der Waals surface area contributed by atoms with Crippen molar-refractivity contribution in [3.8, 4) is 0 Å². The van der Waals surface area contributed by atoms with Crippen LogP contribution in [-0.2, 0) is 11.2 Å².